The van der Waals surface area contributed by atoms with Crippen molar-refractivity contribution < 1.29 is 4.74 Å². The number of hydrogen-bond donors (Lipinski definition) is 0. The Balaban J connectivity index is 1.09. The van der Waals surface area contributed by atoms with Crippen LogP contribution < -0.4 is 14.5 Å². The molecule has 2 aliphatic rings. The summed E-state index contributed by atoms with van der Waals surface area (Å²) in [5, 5.41) is 5.02. The SMILES string of the molecule is CC1(C)c2ccccc2-c2cc(N(c3ccc4c(c3)Oc3ccccc3N4c3ccc4c(c3)sc3ccccc34)c3ccc4ccccc4c3)ccc21. The monoisotopic (exact) mass is 698 g/mol. The summed E-state index contributed by atoms with van der Waals surface area (Å²) in [6.07, 6.45) is 0. The second kappa shape index (κ2) is 11.3. The molecule has 0 spiro atoms. The largest absolute Gasteiger partial charge is 0.453 e. The van der Waals surface area contributed by atoms with Crippen LogP contribution in [-0.4, -0.2) is 0 Å². The predicted octanol–water partition coefficient (Wildman–Crippen LogP) is 14.6. The molecule has 0 fully saturated rings. The highest BCUT2D eigenvalue weighted by Gasteiger charge is 2.36. The smallest absolute Gasteiger partial charge is 0.153 e. The molecule has 11 rings (SSSR count). The summed E-state index contributed by atoms with van der Waals surface area (Å²) in [5.74, 6) is 1.65. The molecule has 1 aliphatic heterocycles. The predicted molar refractivity (Wildman–Crippen MR) is 224 cm³/mol. The van der Waals surface area contributed by atoms with E-state index in [1.54, 1.807) is 0 Å². The molecule has 8 aromatic carbocycles. The van der Waals surface area contributed by atoms with E-state index in [4.69, 9.17) is 4.74 Å². The van der Waals surface area contributed by atoms with Gasteiger partial charge in [0, 0.05) is 54.4 Å². The van der Waals surface area contributed by atoms with E-state index in [9.17, 15) is 0 Å². The highest BCUT2D eigenvalue weighted by atomic mass is 32.1. The van der Waals surface area contributed by atoms with Crippen LogP contribution in [0.3, 0.4) is 0 Å². The van der Waals surface area contributed by atoms with Crippen LogP contribution in [0.2, 0.25) is 0 Å². The van der Waals surface area contributed by atoms with Crippen molar-refractivity contribution in [1.29, 1.82) is 0 Å². The minimum absolute atomic E-state index is 0.0619. The topological polar surface area (TPSA) is 15.7 Å². The van der Waals surface area contributed by atoms with E-state index in [2.05, 4.69) is 187 Å². The van der Waals surface area contributed by atoms with Crippen LogP contribution in [0.4, 0.5) is 34.1 Å². The number of ether oxygens (including phenoxy) is 1. The second-order valence-corrected chi connectivity index (χ2v) is 15.7. The van der Waals surface area contributed by atoms with Crippen LogP contribution in [0.1, 0.15) is 25.0 Å². The zero-order chi connectivity index (χ0) is 35.3. The summed E-state index contributed by atoms with van der Waals surface area (Å²) >= 11 is 1.84. The lowest BCUT2D eigenvalue weighted by Crippen LogP contribution is -2.17. The number of thiophene rings is 1. The quantitative estimate of drug-likeness (QED) is 0.182. The molecule has 0 amide bonds. The molecule has 3 nitrogen and oxygen atoms in total. The molecule has 1 aromatic heterocycles. The third-order valence-corrected chi connectivity index (χ3v) is 12.3. The molecular weight excluding hydrogens is 665 g/mol. The number of rotatable bonds is 4. The first kappa shape index (κ1) is 30.3. The van der Waals surface area contributed by atoms with Crippen molar-refractivity contribution in [3.63, 3.8) is 0 Å². The third kappa shape index (κ3) is 4.59. The number of fused-ring (bicyclic) bond motifs is 9. The lowest BCUT2D eigenvalue weighted by molar-refractivity contribution is 0.477. The summed E-state index contributed by atoms with van der Waals surface area (Å²) < 4.78 is 9.36. The van der Waals surface area contributed by atoms with Gasteiger partial charge in [0.1, 0.15) is 0 Å². The maximum atomic E-state index is 6.78. The van der Waals surface area contributed by atoms with Crippen LogP contribution in [0.5, 0.6) is 11.5 Å². The molecule has 0 radical (unpaired) electrons. The normalized spacial score (nSPS) is 13.7. The maximum Gasteiger partial charge on any atom is 0.153 e. The van der Waals surface area contributed by atoms with Gasteiger partial charge in [0.2, 0.25) is 0 Å². The van der Waals surface area contributed by atoms with Gasteiger partial charge in [0.15, 0.2) is 11.5 Å². The van der Waals surface area contributed by atoms with Gasteiger partial charge in [-0.05, 0) is 99.8 Å². The first-order valence-corrected chi connectivity index (χ1v) is 19.0. The summed E-state index contributed by atoms with van der Waals surface area (Å²) in [6.45, 7) is 4.67. The van der Waals surface area contributed by atoms with Crippen molar-refractivity contribution >= 4 is 76.4 Å². The molecule has 0 unspecified atom stereocenters. The Kier molecular flexibility index (Phi) is 6.47. The van der Waals surface area contributed by atoms with Gasteiger partial charge < -0.3 is 14.5 Å². The Morgan fingerprint density at radius 3 is 2.11 bits per heavy atom. The Bertz CT molecular complexity index is 2940. The summed E-state index contributed by atoms with van der Waals surface area (Å²) in [4.78, 5) is 4.72. The van der Waals surface area contributed by atoms with E-state index in [1.165, 1.54) is 53.2 Å². The summed E-state index contributed by atoms with van der Waals surface area (Å²) in [7, 11) is 0. The summed E-state index contributed by atoms with van der Waals surface area (Å²) in [6, 6.07) is 61.7. The molecule has 252 valence electrons. The lowest BCUT2D eigenvalue weighted by atomic mass is 9.82. The van der Waals surface area contributed by atoms with Gasteiger partial charge in [-0.2, -0.15) is 0 Å². The minimum atomic E-state index is -0.0619. The molecule has 4 heteroatoms. The Hall–Kier alpha value is -6.36. The highest BCUT2D eigenvalue weighted by molar-refractivity contribution is 7.25. The molecular formula is C49H34N2OS. The van der Waals surface area contributed by atoms with Crippen LogP contribution in [-0.2, 0) is 5.41 Å². The molecule has 53 heavy (non-hydrogen) atoms. The Morgan fingerprint density at radius 1 is 0.491 bits per heavy atom. The van der Waals surface area contributed by atoms with Gasteiger partial charge in [-0.3, -0.25) is 0 Å². The average Bonchev–Trinajstić information content (AvgIpc) is 3.68. The molecule has 9 aromatic rings. The molecule has 0 saturated carbocycles. The van der Waals surface area contributed by atoms with Crippen molar-refractivity contribution in [2.24, 2.45) is 0 Å². The fourth-order valence-corrected chi connectivity index (χ4v) is 9.77. The van der Waals surface area contributed by atoms with E-state index in [0.717, 1.165) is 45.6 Å². The van der Waals surface area contributed by atoms with E-state index >= 15 is 0 Å². The van der Waals surface area contributed by atoms with Crippen molar-refractivity contribution in [2.45, 2.75) is 19.3 Å². The van der Waals surface area contributed by atoms with Crippen LogP contribution in [0.25, 0.3) is 42.1 Å². The average molecular weight is 699 g/mol. The molecule has 0 atom stereocenters. The minimum Gasteiger partial charge on any atom is -0.453 e. The van der Waals surface area contributed by atoms with Gasteiger partial charge in [0.05, 0.1) is 11.4 Å². The number of nitrogens with zero attached hydrogens (tertiary/aromatic N) is 2. The standard InChI is InChI=1S/C49H34N2OS/c1-49(2)41-15-7-5-13-37(41)40-28-34(22-25-42(40)49)50(33-20-19-31-11-3-4-12-32(31)27-33)35-23-26-44-46(29-35)52-45-17-9-8-16-43(45)51(44)36-21-24-39-38-14-6-10-18-47(38)53-48(39)30-36/h3-30H,1-2H3. The molecule has 1 aliphatic carbocycles. The van der Waals surface area contributed by atoms with Gasteiger partial charge in [-0.1, -0.05) is 111 Å². The van der Waals surface area contributed by atoms with Crippen LogP contribution in [0, 0.1) is 0 Å². The lowest BCUT2D eigenvalue weighted by Gasteiger charge is -2.34. The van der Waals surface area contributed by atoms with Crippen LogP contribution >= 0.6 is 11.3 Å². The maximum absolute atomic E-state index is 6.78. The molecule has 0 N–H and O–H groups in total. The zero-order valence-corrected chi connectivity index (χ0v) is 30.2. The molecule has 0 saturated heterocycles. The number of benzene rings is 8. The van der Waals surface area contributed by atoms with Crippen molar-refractivity contribution in [3.8, 4) is 22.6 Å². The molecule has 0 bridgehead atoms. The molecule has 2 heterocycles. The number of anilines is 6. The third-order valence-electron chi connectivity index (χ3n) is 11.2. The first-order chi connectivity index (χ1) is 26.0. The van der Waals surface area contributed by atoms with E-state index in [1.807, 2.05) is 17.4 Å². The van der Waals surface area contributed by atoms with Gasteiger partial charge in [-0.15, -0.1) is 11.3 Å². The van der Waals surface area contributed by atoms with E-state index in [-0.39, 0.29) is 5.41 Å². The van der Waals surface area contributed by atoms with E-state index in [0.29, 0.717) is 0 Å². The first-order valence-electron chi connectivity index (χ1n) is 18.2. The van der Waals surface area contributed by atoms with Gasteiger partial charge in [0.25, 0.3) is 0 Å². The van der Waals surface area contributed by atoms with Crippen molar-refractivity contribution in [2.75, 3.05) is 9.80 Å². The fraction of sp³-hybridized carbons (Fsp3) is 0.0612. The highest BCUT2D eigenvalue weighted by Crippen LogP contribution is 2.54. The van der Waals surface area contributed by atoms with Crippen LogP contribution in [0.15, 0.2) is 170 Å². The van der Waals surface area contributed by atoms with E-state index < -0.39 is 0 Å². The number of hydrogen-bond acceptors (Lipinski definition) is 4. The Labute approximate surface area is 312 Å². The fourth-order valence-electron chi connectivity index (χ4n) is 8.63. The van der Waals surface area contributed by atoms with Gasteiger partial charge in [-0.25, -0.2) is 0 Å². The zero-order valence-electron chi connectivity index (χ0n) is 29.4. The van der Waals surface area contributed by atoms with Crippen molar-refractivity contribution in [1.82, 2.24) is 0 Å². The summed E-state index contributed by atoms with van der Waals surface area (Å²) in [5.41, 5.74) is 11.7. The number of para-hydroxylation sites is 2. The van der Waals surface area contributed by atoms with Crippen molar-refractivity contribution in [3.05, 3.63) is 181 Å². The second-order valence-electron chi connectivity index (χ2n) is 14.6. The Morgan fingerprint density at radius 2 is 1.17 bits per heavy atom. The van der Waals surface area contributed by atoms with Gasteiger partial charge >= 0.3 is 0 Å².